The standard InChI is InChI=1S/C15H14O3S/c1-10-8-19-9-12(10)15(16)11-3-4-13-14(7-11)18-6-2-5-17-13/h3-4,7-9H,2,5-6H2,1H3. The van der Waals surface area contributed by atoms with Gasteiger partial charge in [0.15, 0.2) is 17.3 Å². The van der Waals surface area contributed by atoms with Crippen molar-refractivity contribution < 1.29 is 14.3 Å². The van der Waals surface area contributed by atoms with Crippen LogP contribution in [0.15, 0.2) is 29.0 Å². The van der Waals surface area contributed by atoms with Crippen molar-refractivity contribution in [1.82, 2.24) is 0 Å². The summed E-state index contributed by atoms with van der Waals surface area (Å²) >= 11 is 1.54. The second-order valence-electron chi connectivity index (χ2n) is 4.51. The van der Waals surface area contributed by atoms with Crippen LogP contribution in [0.25, 0.3) is 0 Å². The Labute approximate surface area is 115 Å². The molecule has 1 aliphatic rings. The highest BCUT2D eigenvalue weighted by Crippen LogP contribution is 2.31. The maximum Gasteiger partial charge on any atom is 0.194 e. The molecule has 1 aromatic heterocycles. The summed E-state index contributed by atoms with van der Waals surface area (Å²) in [5.74, 6) is 1.42. The normalized spacial score (nSPS) is 13.9. The van der Waals surface area contributed by atoms with Crippen LogP contribution in [0.1, 0.15) is 27.9 Å². The van der Waals surface area contributed by atoms with Gasteiger partial charge in [-0.2, -0.15) is 11.3 Å². The molecule has 3 nitrogen and oxygen atoms in total. The number of aryl methyl sites for hydroxylation is 1. The molecule has 0 bridgehead atoms. The Hall–Kier alpha value is -1.81. The van der Waals surface area contributed by atoms with E-state index in [4.69, 9.17) is 9.47 Å². The number of carbonyl (C=O) groups excluding carboxylic acids is 1. The van der Waals surface area contributed by atoms with Crippen LogP contribution < -0.4 is 9.47 Å². The third kappa shape index (κ3) is 2.36. The van der Waals surface area contributed by atoms with Crippen LogP contribution >= 0.6 is 11.3 Å². The smallest absolute Gasteiger partial charge is 0.194 e. The molecule has 0 fully saturated rings. The first-order valence-corrected chi connectivity index (χ1v) is 7.17. The van der Waals surface area contributed by atoms with Crippen LogP contribution in [0.5, 0.6) is 11.5 Å². The van der Waals surface area contributed by atoms with Crippen molar-refractivity contribution >= 4 is 17.1 Å². The Bertz CT molecular complexity index is 616. The lowest BCUT2D eigenvalue weighted by Crippen LogP contribution is -2.02. The average molecular weight is 274 g/mol. The van der Waals surface area contributed by atoms with Crippen molar-refractivity contribution in [3.05, 3.63) is 45.6 Å². The van der Waals surface area contributed by atoms with Crippen molar-refractivity contribution in [3.8, 4) is 11.5 Å². The molecule has 0 saturated heterocycles. The first kappa shape index (κ1) is 12.2. The van der Waals surface area contributed by atoms with E-state index in [1.807, 2.05) is 23.8 Å². The third-order valence-electron chi connectivity index (χ3n) is 3.11. The van der Waals surface area contributed by atoms with Crippen molar-refractivity contribution in [3.63, 3.8) is 0 Å². The summed E-state index contributed by atoms with van der Waals surface area (Å²) in [7, 11) is 0. The first-order chi connectivity index (χ1) is 9.25. The van der Waals surface area contributed by atoms with E-state index < -0.39 is 0 Å². The predicted octanol–water partition coefficient (Wildman–Crippen LogP) is 3.45. The molecule has 0 atom stereocenters. The molecule has 3 rings (SSSR count). The molecule has 0 unspecified atom stereocenters. The fourth-order valence-electron chi connectivity index (χ4n) is 2.05. The Morgan fingerprint density at radius 2 is 1.95 bits per heavy atom. The largest absolute Gasteiger partial charge is 0.490 e. The Morgan fingerprint density at radius 1 is 1.16 bits per heavy atom. The van der Waals surface area contributed by atoms with Crippen LogP contribution in [-0.2, 0) is 0 Å². The number of benzene rings is 1. The summed E-state index contributed by atoms with van der Waals surface area (Å²) in [6.07, 6.45) is 0.863. The molecule has 0 saturated carbocycles. The minimum Gasteiger partial charge on any atom is -0.490 e. The summed E-state index contributed by atoms with van der Waals surface area (Å²) < 4.78 is 11.2. The summed E-state index contributed by atoms with van der Waals surface area (Å²) in [6, 6.07) is 5.39. The van der Waals surface area contributed by atoms with Crippen LogP contribution in [0, 0.1) is 6.92 Å². The van der Waals surface area contributed by atoms with E-state index in [0.29, 0.717) is 24.5 Å². The molecule has 98 valence electrons. The maximum absolute atomic E-state index is 12.4. The van der Waals surface area contributed by atoms with Crippen molar-refractivity contribution in [2.75, 3.05) is 13.2 Å². The zero-order chi connectivity index (χ0) is 13.2. The SMILES string of the molecule is Cc1cscc1C(=O)c1ccc2c(c1)OCCCO2. The van der Waals surface area contributed by atoms with Gasteiger partial charge in [0, 0.05) is 22.9 Å². The Morgan fingerprint density at radius 3 is 2.68 bits per heavy atom. The van der Waals surface area contributed by atoms with E-state index >= 15 is 0 Å². The Balaban J connectivity index is 1.96. The summed E-state index contributed by atoms with van der Waals surface area (Å²) in [6.45, 7) is 3.23. The van der Waals surface area contributed by atoms with E-state index in [9.17, 15) is 4.79 Å². The van der Waals surface area contributed by atoms with Gasteiger partial charge in [-0.25, -0.2) is 0 Å². The van der Waals surface area contributed by atoms with Gasteiger partial charge in [0.1, 0.15) is 0 Å². The summed E-state index contributed by atoms with van der Waals surface area (Å²) in [4.78, 5) is 12.4. The predicted molar refractivity (Wildman–Crippen MR) is 74.5 cm³/mol. The van der Waals surface area contributed by atoms with Gasteiger partial charge < -0.3 is 9.47 Å². The number of fused-ring (bicyclic) bond motifs is 1. The van der Waals surface area contributed by atoms with E-state index in [1.165, 1.54) is 0 Å². The number of hydrogen-bond donors (Lipinski definition) is 0. The van der Waals surface area contributed by atoms with Gasteiger partial charge in [0.05, 0.1) is 13.2 Å². The highest BCUT2D eigenvalue weighted by Gasteiger charge is 2.16. The van der Waals surface area contributed by atoms with E-state index in [-0.39, 0.29) is 5.78 Å². The molecule has 0 amide bonds. The van der Waals surface area contributed by atoms with Gasteiger partial charge >= 0.3 is 0 Å². The molecule has 1 aliphatic heterocycles. The number of ether oxygens (including phenoxy) is 2. The number of ketones is 1. The second-order valence-corrected chi connectivity index (χ2v) is 5.25. The van der Waals surface area contributed by atoms with Gasteiger partial charge in [-0.15, -0.1) is 0 Å². The second kappa shape index (κ2) is 5.05. The molecule has 2 aromatic rings. The van der Waals surface area contributed by atoms with Crippen LogP contribution in [0.4, 0.5) is 0 Å². The van der Waals surface area contributed by atoms with Crippen molar-refractivity contribution in [2.45, 2.75) is 13.3 Å². The van der Waals surface area contributed by atoms with Gasteiger partial charge in [0.25, 0.3) is 0 Å². The minimum absolute atomic E-state index is 0.0365. The zero-order valence-corrected chi connectivity index (χ0v) is 11.5. The molecule has 0 radical (unpaired) electrons. The number of hydrogen-bond acceptors (Lipinski definition) is 4. The molecule has 2 heterocycles. The topological polar surface area (TPSA) is 35.5 Å². The van der Waals surface area contributed by atoms with Crippen molar-refractivity contribution in [1.29, 1.82) is 0 Å². The highest BCUT2D eigenvalue weighted by atomic mass is 32.1. The van der Waals surface area contributed by atoms with Crippen molar-refractivity contribution in [2.24, 2.45) is 0 Å². The first-order valence-electron chi connectivity index (χ1n) is 6.23. The van der Waals surface area contributed by atoms with E-state index in [1.54, 1.807) is 23.5 Å². The fourth-order valence-corrected chi connectivity index (χ4v) is 2.88. The van der Waals surface area contributed by atoms with E-state index in [0.717, 1.165) is 23.3 Å². The quantitative estimate of drug-likeness (QED) is 0.787. The molecule has 0 aliphatic carbocycles. The molecule has 4 heteroatoms. The van der Waals surface area contributed by atoms with Gasteiger partial charge in [-0.05, 0) is 36.1 Å². The monoisotopic (exact) mass is 274 g/mol. The molecular weight excluding hydrogens is 260 g/mol. The van der Waals surface area contributed by atoms with E-state index in [2.05, 4.69) is 0 Å². The summed E-state index contributed by atoms with van der Waals surface area (Å²) in [5, 5.41) is 3.87. The molecular formula is C15H14O3S. The number of carbonyl (C=O) groups is 1. The van der Waals surface area contributed by atoms with Gasteiger partial charge in [0.2, 0.25) is 0 Å². The lowest BCUT2D eigenvalue weighted by molar-refractivity contribution is 0.103. The highest BCUT2D eigenvalue weighted by molar-refractivity contribution is 7.08. The summed E-state index contributed by atoms with van der Waals surface area (Å²) in [5.41, 5.74) is 2.42. The lowest BCUT2D eigenvalue weighted by atomic mass is 10.0. The zero-order valence-electron chi connectivity index (χ0n) is 10.6. The molecule has 19 heavy (non-hydrogen) atoms. The number of rotatable bonds is 2. The Kier molecular flexibility index (Phi) is 3.25. The maximum atomic E-state index is 12.4. The van der Waals surface area contributed by atoms with Crippen LogP contribution in [0.2, 0.25) is 0 Å². The van der Waals surface area contributed by atoms with Gasteiger partial charge in [-0.1, -0.05) is 0 Å². The average Bonchev–Trinajstić information content (AvgIpc) is 2.72. The third-order valence-corrected chi connectivity index (χ3v) is 3.97. The van der Waals surface area contributed by atoms with Crippen LogP contribution in [-0.4, -0.2) is 19.0 Å². The fraction of sp³-hybridized carbons (Fsp3) is 0.267. The van der Waals surface area contributed by atoms with Crippen LogP contribution in [0.3, 0.4) is 0 Å². The molecule has 0 N–H and O–H groups in total. The molecule has 0 spiro atoms. The minimum atomic E-state index is 0.0365. The molecule has 1 aromatic carbocycles. The number of thiophene rings is 1. The lowest BCUT2D eigenvalue weighted by Gasteiger charge is -2.08. The van der Waals surface area contributed by atoms with Gasteiger partial charge in [-0.3, -0.25) is 4.79 Å².